The van der Waals surface area contributed by atoms with Gasteiger partial charge in [0.05, 0.1) is 37.4 Å². The zero-order chi connectivity index (χ0) is 27.4. The summed E-state index contributed by atoms with van der Waals surface area (Å²) in [5, 5.41) is 24.1. The van der Waals surface area contributed by atoms with E-state index in [9.17, 15) is 19.8 Å². The van der Waals surface area contributed by atoms with Crippen LogP contribution in [0.3, 0.4) is 0 Å². The van der Waals surface area contributed by atoms with Crippen LogP contribution in [0.25, 0.3) is 0 Å². The van der Waals surface area contributed by atoms with Crippen molar-refractivity contribution in [1.29, 1.82) is 0 Å². The van der Waals surface area contributed by atoms with Gasteiger partial charge in [0.15, 0.2) is 0 Å². The molecule has 1 saturated heterocycles. The number of allylic oxidation sites excluding steroid dienone is 1. The third-order valence-corrected chi connectivity index (χ3v) is 11.7. The molecule has 8 nitrogen and oxygen atoms in total. The van der Waals surface area contributed by atoms with Crippen LogP contribution in [-0.2, 0) is 23.8 Å². The lowest BCUT2D eigenvalue weighted by molar-refractivity contribution is -0.267. The fraction of sp³-hybridized carbons (Fsp3) is 0.733. The van der Waals surface area contributed by atoms with E-state index >= 15 is 0 Å². The molecule has 4 fully saturated rings. The molecule has 0 unspecified atom stereocenters. The zero-order valence-corrected chi connectivity index (χ0v) is 23.1. The van der Waals surface area contributed by atoms with E-state index in [4.69, 9.17) is 18.6 Å². The topological polar surface area (TPSA) is 115 Å². The van der Waals surface area contributed by atoms with Gasteiger partial charge in [0, 0.05) is 53.8 Å². The van der Waals surface area contributed by atoms with E-state index in [-0.39, 0.29) is 29.7 Å². The lowest BCUT2D eigenvalue weighted by atomic mass is 9.36. The van der Waals surface area contributed by atoms with Gasteiger partial charge in [-0.1, -0.05) is 39.3 Å². The Hall–Kier alpha value is -2.16. The molecule has 4 aliphatic carbocycles. The van der Waals surface area contributed by atoms with Gasteiger partial charge in [-0.25, -0.2) is 0 Å². The molecule has 0 bridgehead atoms. The van der Waals surface area contributed by atoms with Crippen molar-refractivity contribution < 1.29 is 38.4 Å². The maximum atomic E-state index is 12.5. The first-order valence-corrected chi connectivity index (χ1v) is 13.9. The van der Waals surface area contributed by atoms with Crippen molar-refractivity contribution in [3.8, 4) is 0 Å². The lowest BCUT2D eigenvalue weighted by Crippen LogP contribution is -2.73. The fourth-order valence-electron chi connectivity index (χ4n) is 10.1. The molecule has 2 N–H and O–H groups in total. The van der Waals surface area contributed by atoms with E-state index in [0.29, 0.717) is 19.4 Å². The highest BCUT2D eigenvalue weighted by atomic mass is 16.6. The molecule has 5 aliphatic rings. The van der Waals surface area contributed by atoms with Gasteiger partial charge >= 0.3 is 11.9 Å². The molecule has 1 aromatic rings. The minimum atomic E-state index is -0.845. The number of carbonyl (C=O) groups is 2. The second-order valence-corrected chi connectivity index (χ2v) is 13.3. The first-order valence-electron chi connectivity index (χ1n) is 13.9. The van der Waals surface area contributed by atoms with E-state index in [1.165, 1.54) is 13.8 Å². The standard InChI is InChI=1S/C30H40O8/c1-15(31)37-22-12-21(33)30(6)20-11-23(38-16(2)32)28(4)18(17-9-10-35-13-17)7-8-19(28)29(20,5)26(34)24-25(30)27(22,3)14-36-24/h8-10,13,18,20-26,33-34H,7,11-12,14H2,1-6H3/t18-,20-,21-,22+,23-,24+,25-,26+,27+,28-,29-,30-/m1/s1. The minimum absolute atomic E-state index is 0.0236. The number of rotatable bonds is 3. The molecule has 0 amide bonds. The number of hydrogen-bond acceptors (Lipinski definition) is 8. The minimum Gasteiger partial charge on any atom is -0.472 e. The number of ether oxygens (including phenoxy) is 3. The summed E-state index contributed by atoms with van der Waals surface area (Å²) < 4.78 is 23.7. The third kappa shape index (κ3) is 3.02. The highest BCUT2D eigenvalue weighted by molar-refractivity contribution is 5.67. The Morgan fingerprint density at radius 2 is 1.68 bits per heavy atom. The number of furan rings is 1. The molecular formula is C30H40O8. The van der Waals surface area contributed by atoms with Crippen molar-refractivity contribution in [3.05, 3.63) is 35.8 Å². The summed E-state index contributed by atoms with van der Waals surface area (Å²) in [6, 6.07) is 1.96. The van der Waals surface area contributed by atoms with Gasteiger partial charge in [0.25, 0.3) is 0 Å². The zero-order valence-electron chi connectivity index (χ0n) is 23.1. The smallest absolute Gasteiger partial charge is 0.302 e. The number of carbonyl (C=O) groups excluding carboxylic acids is 2. The molecular weight excluding hydrogens is 488 g/mol. The van der Waals surface area contributed by atoms with E-state index in [1.807, 2.05) is 6.07 Å². The summed E-state index contributed by atoms with van der Waals surface area (Å²) in [7, 11) is 0. The molecule has 0 radical (unpaired) electrons. The Morgan fingerprint density at radius 1 is 1.00 bits per heavy atom. The normalized spacial score (nSPS) is 50.9. The summed E-state index contributed by atoms with van der Waals surface area (Å²) in [4.78, 5) is 24.4. The largest absolute Gasteiger partial charge is 0.472 e. The van der Waals surface area contributed by atoms with Crippen molar-refractivity contribution >= 4 is 11.9 Å². The van der Waals surface area contributed by atoms with Gasteiger partial charge in [0.1, 0.15) is 12.2 Å². The van der Waals surface area contributed by atoms with Crippen molar-refractivity contribution in [1.82, 2.24) is 0 Å². The summed E-state index contributed by atoms with van der Waals surface area (Å²) in [6.45, 7) is 11.6. The second kappa shape index (κ2) is 8.18. The van der Waals surface area contributed by atoms with Gasteiger partial charge in [0.2, 0.25) is 0 Å². The highest BCUT2D eigenvalue weighted by Crippen LogP contribution is 2.75. The number of esters is 2. The quantitative estimate of drug-likeness (QED) is 0.450. The van der Waals surface area contributed by atoms with E-state index in [2.05, 4.69) is 33.8 Å². The molecule has 2 heterocycles. The molecule has 1 aliphatic heterocycles. The van der Waals surface area contributed by atoms with Crippen LogP contribution < -0.4 is 0 Å². The van der Waals surface area contributed by atoms with Gasteiger partial charge in [-0.3, -0.25) is 9.59 Å². The average Bonchev–Trinajstić information content (AvgIpc) is 3.56. The Balaban J connectivity index is 1.51. The molecule has 38 heavy (non-hydrogen) atoms. The average molecular weight is 529 g/mol. The molecule has 208 valence electrons. The summed E-state index contributed by atoms with van der Waals surface area (Å²) in [6.07, 6.45) is 4.06. The number of aliphatic hydroxyl groups excluding tert-OH is 2. The van der Waals surface area contributed by atoms with Crippen LogP contribution in [0, 0.1) is 33.5 Å². The summed E-state index contributed by atoms with van der Waals surface area (Å²) in [5.41, 5.74) is -0.411. The second-order valence-electron chi connectivity index (χ2n) is 13.3. The maximum Gasteiger partial charge on any atom is 0.302 e. The molecule has 8 heteroatoms. The van der Waals surface area contributed by atoms with E-state index in [1.54, 1.807) is 12.5 Å². The van der Waals surface area contributed by atoms with Crippen molar-refractivity contribution in [2.75, 3.05) is 6.61 Å². The third-order valence-electron chi connectivity index (χ3n) is 11.7. The van der Waals surface area contributed by atoms with Gasteiger partial charge in [-0.15, -0.1) is 0 Å². The van der Waals surface area contributed by atoms with Crippen LogP contribution in [0.2, 0.25) is 0 Å². The Morgan fingerprint density at radius 3 is 2.32 bits per heavy atom. The molecule has 12 atom stereocenters. The molecule has 3 saturated carbocycles. The fourth-order valence-corrected chi connectivity index (χ4v) is 10.1. The van der Waals surface area contributed by atoms with Crippen LogP contribution >= 0.6 is 0 Å². The highest BCUT2D eigenvalue weighted by Gasteiger charge is 2.78. The van der Waals surface area contributed by atoms with Crippen LogP contribution in [-0.4, -0.2) is 59.3 Å². The SMILES string of the molecule is CC(=O)O[C@H]1C[C@@H](O)[C@]2(C)[C@@H]3[C@H](OC[C@@]13C)[C@H](O)[C@]1(C)C3=CC[C@H](c4ccoc4)[C@@]3(C)[C@H](OC(C)=O)C[C@H]12. The first kappa shape index (κ1) is 26.1. The Kier molecular flexibility index (Phi) is 5.61. The Bertz CT molecular complexity index is 1170. The summed E-state index contributed by atoms with van der Waals surface area (Å²) in [5.74, 6) is -1.15. The number of aliphatic hydroxyl groups is 2. The van der Waals surface area contributed by atoms with Crippen molar-refractivity contribution in [2.45, 2.75) is 97.2 Å². The predicted octanol–water partition coefficient (Wildman–Crippen LogP) is 3.76. The van der Waals surface area contributed by atoms with Crippen molar-refractivity contribution in [2.24, 2.45) is 33.5 Å². The van der Waals surface area contributed by atoms with Gasteiger partial charge < -0.3 is 28.8 Å². The van der Waals surface area contributed by atoms with Gasteiger partial charge in [-0.05, 0) is 30.4 Å². The van der Waals surface area contributed by atoms with Gasteiger partial charge in [-0.2, -0.15) is 0 Å². The van der Waals surface area contributed by atoms with Crippen LogP contribution in [0.15, 0.2) is 34.7 Å². The van der Waals surface area contributed by atoms with E-state index < -0.39 is 52.2 Å². The molecule has 6 rings (SSSR count). The Labute approximate surface area is 223 Å². The van der Waals surface area contributed by atoms with E-state index in [0.717, 1.165) is 17.6 Å². The lowest BCUT2D eigenvalue weighted by Gasteiger charge is -2.69. The number of fused-ring (bicyclic) bond motifs is 4. The van der Waals surface area contributed by atoms with Crippen LogP contribution in [0.1, 0.15) is 72.3 Å². The first-order chi connectivity index (χ1) is 17.8. The molecule has 1 aromatic heterocycles. The summed E-state index contributed by atoms with van der Waals surface area (Å²) >= 11 is 0. The van der Waals surface area contributed by atoms with Crippen molar-refractivity contribution in [3.63, 3.8) is 0 Å². The number of hydrogen-bond donors (Lipinski definition) is 2. The molecule has 0 aromatic carbocycles. The monoisotopic (exact) mass is 528 g/mol. The van der Waals surface area contributed by atoms with Crippen LogP contribution in [0.5, 0.6) is 0 Å². The predicted molar refractivity (Wildman–Crippen MR) is 136 cm³/mol. The maximum absolute atomic E-state index is 12.5. The van der Waals surface area contributed by atoms with Crippen LogP contribution in [0.4, 0.5) is 0 Å². The molecule has 0 spiro atoms.